The van der Waals surface area contributed by atoms with Crippen molar-refractivity contribution in [2.24, 2.45) is 0 Å². The topological polar surface area (TPSA) is 65.5 Å². The quantitative estimate of drug-likeness (QED) is 0.869. The van der Waals surface area contributed by atoms with E-state index in [4.69, 9.17) is 0 Å². The molecule has 3 rings (SSSR count). The number of carbonyl (C=O) groups is 2. The number of hydrogen-bond acceptors (Lipinski definition) is 4. The number of pyridine rings is 1. The van der Waals surface area contributed by atoms with Gasteiger partial charge in [-0.05, 0) is 37.1 Å². The molecule has 2 amide bonds. The molecule has 1 aromatic carbocycles. The highest BCUT2D eigenvalue weighted by atomic mass is 16.2. The first-order valence-electron chi connectivity index (χ1n) is 8.35. The van der Waals surface area contributed by atoms with Crippen molar-refractivity contribution in [2.75, 3.05) is 31.5 Å². The molecule has 1 aliphatic rings. The number of aromatic nitrogens is 1. The molecule has 6 nitrogen and oxygen atoms in total. The Balaban J connectivity index is 1.74. The SMILES string of the molecule is Cc1cccc(Nc2cncc(C(=O)N3CCN(C=O)CC3)c2)c1C. The van der Waals surface area contributed by atoms with E-state index in [0.29, 0.717) is 31.7 Å². The zero-order chi connectivity index (χ0) is 17.8. The van der Waals surface area contributed by atoms with Crippen LogP contribution in [-0.2, 0) is 4.79 Å². The maximum absolute atomic E-state index is 12.7. The van der Waals surface area contributed by atoms with Gasteiger partial charge in [0.25, 0.3) is 5.91 Å². The highest BCUT2D eigenvalue weighted by Crippen LogP contribution is 2.23. The van der Waals surface area contributed by atoms with Gasteiger partial charge in [0.05, 0.1) is 17.4 Å². The molecular weight excluding hydrogens is 316 g/mol. The third kappa shape index (κ3) is 3.79. The Labute approximate surface area is 147 Å². The lowest BCUT2D eigenvalue weighted by molar-refractivity contribution is -0.119. The number of hydrogen-bond donors (Lipinski definition) is 1. The summed E-state index contributed by atoms with van der Waals surface area (Å²) in [5.41, 5.74) is 4.72. The number of carbonyl (C=O) groups excluding carboxylic acids is 2. The molecule has 1 aromatic heterocycles. The number of nitrogens with one attached hydrogen (secondary N) is 1. The van der Waals surface area contributed by atoms with E-state index in [0.717, 1.165) is 17.8 Å². The summed E-state index contributed by atoms with van der Waals surface area (Å²) in [6.45, 7) is 6.37. The first-order chi connectivity index (χ1) is 12.1. The lowest BCUT2D eigenvalue weighted by Gasteiger charge is -2.32. The van der Waals surface area contributed by atoms with E-state index < -0.39 is 0 Å². The van der Waals surface area contributed by atoms with Crippen molar-refractivity contribution in [1.82, 2.24) is 14.8 Å². The summed E-state index contributed by atoms with van der Waals surface area (Å²) in [7, 11) is 0. The predicted molar refractivity (Wildman–Crippen MR) is 97.0 cm³/mol. The predicted octanol–water partition coefficient (Wildman–Crippen LogP) is 2.36. The molecule has 0 saturated carbocycles. The van der Waals surface area contributed by atoms with Gasteiger partial charge in [-0.2, -0.15) is 0 Å². The summed E-state index contributed by atoms with van der Waals surface area (Å²) in [5.74, 6) is -0.0531. The van der Waals surface area contributed by atoms with Gasteiger partial charge in [-0.1, -0.05) is 12.1 Å². The molecule has 1 saturated heterocycles. The van der Waals surface area contributed by atoms with Crippen LogP contribution in [0.1, 0.15) is 21.5 Å². The Morgan fingerprint density at radius 1 is 1.16 bits per heavy atom. The van der Waals surface area contributed by atoms with E-state index in [1.807, 2.05) is 18.2 Å². The van der Waals surface area contributed by atoms with Gasteiger partial charge in [0, 0.05) is 38.1 Å². The second-order valence-electron chi connectivity index (χ2n) is 6.27. The standard InChI is InChI=1S/C19H22N4O2/c1-14-4-3-5-18(15(14)2)21-17-10-16(11-20-12-17)19(25)23-8-6-22(13-24)7-9-23/h3-5,10-13,21H,6-9H2,1-2H3. The first kappa shape index (κ1) is 17.0. The zero-order valence-electron chi connectivity index (χ0n) is 14.5. The van der Waals surface area contributed by atoms with E-state index in [1.54, 1.807) is 22.2 Å². The third-order valence-electron chi connectivity index (χ3n) is 4.62. The van der Waals surface area contributed by atoms with Gasteiger partial charge in [0.1, 0.15) is 0 Å². The average molecular weight is 338 g/mol. The van der Waals surface area contributed by atoms with Crippen molar-refractivity contribution < 1.29 is 9.59 Å². The first-order valence-corrected chi connectivity index (χ1v) is 8.35. The third-order valence-corrected chi connectivity index (χ3v) is 4.62. The van der Waals surface area contributed by atoms with Crippen molar-refractivity contribution in [1.29, 1.82) is 0 Å². The van der Waals surface area contributed by atoms with Gasteiger partial charge in [-0.3, -0.25) is 14.6 Å². The molecule has 2 aromatic rings. The number of aryl methyl sites for hydroxylation is 1. The van der Waals surface area contributed by atoms with Crippen LogP contribution in [0.3, 0.4) is 0 Å². The summed E-state index contributed by atoms with van der Waals surface area (Å²) in [5, 5.41) is 3.34. The van der Waals surface area contributed by atoms with Crippen LogP contribution in [0.15, 0.2) is 36.7 Å². The molecule has 1 fully saturated rings. The molecule has 130 valence electrons. The van der Waals surface area contributed by atoms with Gasteiger partial charge in [-0.15, -0.1) is 0 Å². The number of nitrogens with zero attached hydrogens (tertiary/aromatic N) is 3. The Hall–Kier alpha value is -2.89. The fourth-order valence-electron chi connectivity index (χ4n) is 2.88. The normalized spacial score (nSPS) is 14.3. The van der Waals surface area contributed by atoms with Crippen LogP contribution in [0.2, 0.25) is 0 Å². The smallest absolute Gasteiger partial charge is 0.255 e. The van der Waals surface area contributed by atoms with Crippen LogP contribution in [0.4, 0.5) is 11.4 Å². The van der Waals surface area contributed by atoms with Crippen LogP contribution in [0, 0.1) is 13.8 Å². The monoisotopic (exact) mass is 338 g/mol. The van der Waals surface area contributed by atoms with Crippen LogP contribution in [0.5, 0.6) is 0 Å². The largest absolute Gasteiger partial charge is 0.354 e. The fraction of sp³-hybridized carbons (Fsp3) is 0.316. The van der Waals surface area contributed by atoms with Crippen molar-refractivity contribution in [3.05, 3.63) is 53.3 Å². The van der Waals surface area contributed by atoms with Crippen LogP contribution in [-0.4, -0.2) is 53.3 Å². The highest BCUT2D eigenvalue weighted by Gasteiger charge is 2.21. The van der Waals surface area contributed by atoms with E-state index in [9.17, 15) is 9.59 Å². The lowest BCUT2D eigenvalue weighted by atomic mass is 10.1. The van der Waals surface area contributed by atoms with E-state index >= 15 is 0 Å². The number of amides is 2. The van der Waals surface area contributed by atoms with E-state index in [2.05, 4.69) is 30.2 Å². The molecule has 0 bridgehead atoms. The molecule has 0 unspecified atom stereocenters. The van der Waals surface area contributed by atoms with Gasteiger partial charge in [0.15, 0.2) is 0 Å². The number of piperazine rings is 1. The summed E-state index contributed by atoms with van der Waals surface area (Å²) in [6.07, 6.45) is 4.13. The summed E-state index contributed by atoms with van der Waals surface area (Å²) < 4.78 is 0. The summed E-state index contributed by atoms with van der Waals surface area (Å²) in [6, 6.07) is 7.90. The van der Waals surface area contributed by atoms with E-state index in [1.165, 1.54) is 11.1 Å². The Morgan fingerprint density at radius 2 is 1.92 bits per heavy atom. The van der Waals surface area contributed by atoms with E-state index in [-0.39, 0.29) is 5.91 Å². The summed E-state index contributed by atoms with van der Waals surface area (Å²) in [4.78, 5) is 31.1. The Kier molecular flexibility index (Phi) is 4.97. The fourth-order valence-corrected chi connectivity index (χ4v) is 2.88. The van der Waals surface area contributed by atoms with Crippen molar-refractivity contribution in [3.8, 4) is 0 Å². The van der Waals surface area contributed by atoms with Crippen molar-refractivity contribution in [3.63, 3.8) is 0 Å². The molecule has 0 atom stereocenters. The number of anilines is 2. The molecule has 1 N–H and O–H groups in total. The molecule has 1 aliphatic heterocycles. The molecule has 0 aliphatic carbocycles. The van der Waals surface area contributed by atoms with Gasteiger partial charge >= 0.3 is 0 Å². The van der Waals surface area contributed by atoms with Crippen LogP contribution < -0.4 is 5.32 Å². The van der Waals surface area contributed by atoms with Gasteiger partial charge in [-0.25, -0.2) is 0 Å². The minimum Gasteiger partial charge on any atom is -0.354 e. The Morgan fingerprint density at radius 3 is 2.64 bits per heavy atom. The lowest BCUT2D eigenvalue weighted by Crippen LogP contribution is -2.48. The molecule has 0 radical (unpaired) electrons. The molecule has 6 heteroatoms. The maximum Gasteiger partial charge on any atom is 0.255 e. The van der Waals surface area contributed by atoms with Crippen LogP contribution in [0.25, 0.3) is 0 Å². The second kappa shape index (κ2) is 7.34. The molecule has 25 heavy (non-hydrogen) atoms. The van der Waals surface area contributed by atoms with Crippen molar-refractivity contribution >= 4 is 23.7 Å². The number of rotatable bonds is 4. The second-order valence-corrected chi connectivity index (χ2v) is 6.27. The van der Waals surface area contributed by atoms with Gasteiger partial charge < -0.3 is 15.1 Å². The minimum atomic E-state index is -0.0531. The minimum absolute atomic E-state index is 0.0531. The molecule has 0 spiro atoms. The average Bonchev–Trinajstić information content (AvgIpc) is 2.65. The number of benzene rings is 1. The summed E-state index contributed by atoms with van der Waals surface area (Å²) >= 11 is 0. The molecule has 2 heterocycles. The highest BCUT2D eigenvalue weighted by molar-refractivity contribution is 5.95. The zero-order valence-corrected chi connectivity index (χ0v) is 14.5. The maximum atomic E-state index is 12.7. The van der Waals surface area contributed by atoms with Crippen molar-refractivity contribution in [2.45, 2.75) is 13.8 Å². The van der Waals surface area contributed by atoms with Crippen LogP contribution >= 0.6 is 0 Å². The molecular formula is C19H22N4O2. The Bertz CT molecular complexity index is 783. The van der Waals surface area contributed by atoms with Gasteiger partial charge in [0.2, 0.25) is 6.41 Å².